The van der Waals surface area contributed by atoms with Crippen molar-refractivity contribution < 1.29 is 40.7 Å². The van der Waals surface area contributed by atoms with Crippen molar-refractivity contribution in [2.75, 3.05) is 18.4 Å². The molecule has 0 unspecified atom stereocenters. The predicted molar refractivity (Wildman–Crippen MR) is 131 cm³/mol. The van der Waals surface area contributed by atoms with Crippen molar-refractivity contribution in [2.45, 2.75) is 37.7 Å². The number of hydrogen-bond donors (Lipinski definition) is 1. The molecule has 1 aliphatic rings. The van der Waals surface area contributed by atoms with Crippen LogP contribution >= 0.6 is 0 Å². The third-order valence-corrected chi connectivity index (χ3v) is 6.36. The van der Waals surface area contributed by atoms with Gasteiger partial charge in [0.1, 0.15) is 6.10 Å². The lowest BCUT2D eigenvalue weighted by Crippen LogP contribution is -2.42. The number of alkyl halides is 6. The zero-order valence-corrected chi connectivity index (χ0v) is 20.5. The Bertz CT molecular complexity index is 1300. The summed E-state index contributed by atoms with van der Waals surface area (Å²) in [7, 11) is 0. The molecule has 4 rings (SSSR count). The second-order valence-corrected chi connectivity index (χ2v) is 9.10. The number of likely N-dealkylation sites (tertiary alicyclic amines) is 1. The van der Waals surface area contributed by atoms with Gasteiger partial charge in [0.15, 0.2) is 0 Å². The maximum atomic E-state index is 14.0. The van der Waals surface area contributed by atoms with Crippen LogP contribution in [0.25, 0.3) is 0 Å². The van der Waals surface area contributed by atoms with Gasteiger partial charge in [0.05, 0.1) is 11.1 Å². The molecule has 0 spiro atoms. The number of halogens is 6. The standard InChI is InChI=1S/C28H24F6N2O3/c29-27(30,31)19-16-23(22(24(17-19)28(32,33)34)15-18-7-3-1-4-8-18)25(37)36-13-11-21(12-14-36)39-26(38)35-20-9-5-2-6-10-20/h1-10,16-17,21H,11-15H2,(H,35,38). The van der Waals surface area contributed by atoms with Gasteiger partial charge in [-0.3, -0.25) is 10.1 Å². The van der Waals surface area contributed by atoms with Crippen LogP contribution in [0.5, 0.6) is 0 Å². The number of hydrogen-bond acceptors (Lipinski definition) is 3. The lowest BCUT2D eigenvalue weighted by atomic mass is 9.90. The summed E-state index contributed by atoms with van der Waals surface area (Å²) in [6, 6.07) is 17.0. The third kappa shape index (κ3) is 7.10. The molecule has 0 aromatic heterocycles. The Labute approximate surface area is 220 Å². The van der Waals surface area contributed by atoms with E-state index in [1.54, 1.807) is 48.5 Å². The zero-order valence-electron chi connectivity index (χ0n) is 20.5. The van der Waals surface area contributed by atoms with Crippen molar-refractivity contribution in [3.8, 4) is 0 Å². The first-order valence-corrected chi connectivity index (χ1v) is 12.1. The second-order valence-electron chi connectivity index (χ2n) is 9.10. The summed E-state index contributed by atoms with van der Waals surface area (Å²) in [4.78, 5) is 26.8. The van der Waals surface area contributed by atoms with Gasteiger partial charge in [0.2, 0.25) is 0 Å². The Balaban J connectivity index is 1.57. The van der Waals surface area contributed by atoms with E-state index in [0.717, 1.165) is 0 Å². The molecule has 0 saturated carbocycles. The molecule has 3 aromatic carbocycles. The van der Waals surface area contributed by atoms with Crippen LogP contribution in [-0.2, 0) is 23.5 Å². The van der Waals surface area contributed by atoms with Gasteiger partial charge >= 0.3 is 18.4 Å². The minimum atomic E-state index is -5.12. The highest BCUT2D eigenvalue weighted by atomic mass is 19.4. The summed E-state index contributed by atoms with van der Waals surface area (Å²) in [6.07, 6.45) is -11.5. The Hall–Kier alpha value is -4.02. The normalized spacial score (nSPS) is 14.7. The Morgan fingerprint density at radius 1 is 0.846 bits per heavy atom. The lowest BCUT2D eigenvalue weighted by molar-refractivity contribution is -0.143. The predicted octanol–water partition coefficient (Wildman–Crippen LogP) is 7.17. The zero-order chi connectivity index (χ0) is 28.2. The molecule has 1 aliphatic heterocycles. The molecular formula is C28H24F6N2O3. The average molecular weight is 550 g/mol. The molecule has 0 bridgehead atoms. The molecule has 1 N–H and O–H groups in total. The van der Waals surface area contributed by atoms with Crippen LogP contribution in [0.3, 0.4) is 0 Å². The molecule has 1 heterocycles. The van der Waals surface area contributed by atoms with Gasteiger partial charge in [-0.15, -0.1) is 0 Å². The Morgan fingerprint density at radius 3 is 2.00 bits per heavy atom. The van der Waals surface area contributed by atoms with Crippen LogP contribution in [0, 0.1) is 0 Å². The molecule has 206 valence electrons. The van der Waals surface area contributed by atoms with Crippen molar-refractivity contribution in [3.63, 3.8) is 0 Å². The monoisotopic (exact) mass is 550 g/mol. The second kappa shape index (κ2) is 11.4. The number of para-hydroxylation sites is 1. The van der Waals surface area contributed by atoms with Gasteiger partial charge < -0.3 is 9.64 Å². The maximum Gasteiger partial charge on any atom is 0.416 e. The fourth-order valence-electron chi connectivity index (χ4n) is 4.44. The molecule has 39 heavy (non-hydrogen) atoms. The van der Waals surface area contributed by atoms with Gasteiger partial charge in [0, 0.05) is 37.2 Å². The summed E-state index contributed by atoms with van der Waals surface area (Å²) in [5.41, 5.74) is -3.29. The number of amides is 2. The van der Waals surface area contributed by atoms with E-state index in [9.17, 15) is 35.9 Å². The van der Waals surface area contributed by atoms with Crippen LogP contribution in [-0.4, -0.2) is 36.1 Å². The average Bonchev–Trinajstić information content (AvgIpc) is 2.88. The first-order valence-electron chi connectivity index (χ1n) is 12.1. The van der Waals surface area contributed by atoms with Gasteiger partial charge in [0.25, 0.3) is 5.91 Å². The summed E-state index contributed by atoms with van der Waals surface area (Å²) in [5.74, 6) is -0.940. The topological polar surface area (TPSA) is 58.6 Å². The number of ether oxygens (including phenoxy) is 1. The SMILES string of the molecule is O=C(Nc1ccccc1)OC1CCN(C(=O)c2cc(C(F)(F)F)cc(C(F)(F)F)c2Cc2ccccc2)CC1. The summed E-state index contributed by atoms with van der Waals surface area (Å²) in [6.45, 7) is -0.0189. The van der Waals surface area contributed by atoms with E-state index in [-0.39, 0.29) is 38.4 Å². The first kappa shape index (κ1) is 28.0. The Morgan fingerprint density at radius 2 is 1.44 bits per heavy atom. The molecule has 1 fully saturated rings. The molecule has 0 atom stereocenters. The van der Waals surface area contributed by atoms with E-state index in [4.69, 9.17) is 4.74 Å². The fraction of sp³-hybridized carbons (Fsp3) is 0.286. The number of nitrogens with zero attached hydrogens (tertiary/aromatic N) is 1. The van der Waals surface area contributed by atoms with Gasteiger partial charge in [-0.05, 0) is 41.8 Å². The molecule has 11 heteroatoms. The summed E-state index contributed by atoms with van der Waals surface area (Å²) >= 11 is 0. The van der Waals surface area contributed by atoms with Gasteiger partial charge in [-0.2, -0.15) is 26.3 Å². The van der Waals surface area contributed by atoms with E-state index in [1.807, 2.05) is 0 Å². The number of benzene rings is 3. The quantitative estimate of drug-likeness (QED) is 0.343. The van der Waals surface area contributed by atoms with Crippen LogP contribution in [0.1, 0.15) is 45.5 Å². The largest absolute Gasteiger partial charge is 0.446 e. The number of rotatable bonds is 5. The molecule has 1 saturated heterocycles. The lowest BCUT2D eigenvalue weighted by Gasteiger charge is -2.32. The maximum absolute atomic E-state index is 14.0. The molecule has 3 aromatic rings. The highest BCUT2D eigenvalue weighted by Crippen LogP contribution is 2.40. The van der Waals surface area contributed by atoms with E-state index in [1.165, 1.54) is 17.0 Å². The highest BCUT2D eigenvalue weighted by molar-refractivity contribution is 5.96. The van der Waals surface area contributed by atoms with E-state index >= 15 is 0 Å². The van der Waals surface area contributed by atoms with Crippen LogP contribution < -0.4 is 5.32 Å². The van der Waals surface area contributed by atoms with E-state index < -0.39 is 52.7 Å². The number of piperidine rings is 1. The van der Waals surface area contributed by atoms with Crippen molar-refractivity contribution >= 4 is 17.7 Å². The summed E-state index contributed by atoms with van der Waals surface area (Å²) in [5, 5.41) is 2.57. The number of anilines is 1. The number of nitrogens with one attached hydrogen (secondary N) is 1. The number of carbonyl (C=O) groups is 2. The van der Waals surface area contributed by atoms with Crippen LogP contribution in [0.2, 0.25) is 0 Å². The molecule has 0 radical (unpaired) electrons. The molecule has 5 nitrogen and oxygen atoms in total. The third-order valence-electron chi connectivity index (χ3n) is 6.36. The van der Waals surface area contributed by atoms with Crippen molar-refractivity contribution in [1.29, 1.82) is 0 Å². The molecule has 0 aliphatic carbocycles. The van der Waals surface area contributed by atoms with Crippen molar-refractivity contribution in [2.24, 2.45) is 0 Å². The van der Waals surface area contributed by atoms with Crippen LogP contribution in [0.15, 0.2) is 72.8 Å². The van der Waals surface area contributed by atoms with Crippen molar-refractivity contribution in [3.05, 3.63) is 101 Å². The minimum absolute atomic E-state index is 0.00943. The highest BCUT2D eigenvalue weighted by Gasteiger charge is 2.41. The molecule has 2 amide bonds. The fourth-order valence-corrected chi connectivity index (χ4v) is 4.44. The van der Waals surface area contributed by atoms with E-state index in [0.29, 0.717) is 17.3 Å². The van der Waals surface area contributed by atoms with Crippen molar-refractivity contribution in [1.82, 2.24) is 4.90 Å². The van der Waals surface area contributed by atoms with Crippen LogP contribution in [0.4, 0.5) is 36.8 Å². The Kier molecular flexibility index (Phi) is 8.17. The smallest absolute Gasteiger partial charge is 0.416 e. The van der Waals surface area contributed by atoms with Gasteiger partial charge in [-0.1, -0.05) is 48.5 Å². The number of carbonyl (C=O) groups excluding carboxylic acids is 2. The first-order chi connectivity index (χ1) is 18.4. The minimum Gasteiger partial charge on any atom is -0.446 e. The van der Waals surface area contributed by atoms with E-state index in [2.05, 4.69) is 5.32 Å². The summed E-state index contributed by atoms with van der Waals surface area (Å²) < 4.78 is 88.1. The van der Waals surface area contributed by atoms with Gasteiger partial charge in [-0.25, -0.2) is 4.79 Å². The molecular weight excluding hydrogens is 526 g/mol.